The molecule has 80 valence electrons. The van der Waals surface area contributed by atoms with Crippen molar-refractivity contribution in [2.45, 2.75) is 26.2 Å². The fourth-order valence-electron chi connectivity index (χ4n) is 1.52. The first kappa shape index (κ1) is 10.2. The van der Waals surface area contributed by atoms with Crippen LogP contribution >= 0.6 is 0 Å². The van der Waals surface area contributed by atoms with Gasteiger partial charge in [-0.1, -0.05) is 19.9 Å². The molecule has 0 atom stereocenters. The third-order valence-corrected chi connectivity index (χ3v) is 2.36. The maximum absolute atomic E-state index is 8.84. The van der Waals surface area contributed by atoms with Crippen LogP contribution in [0.25, 0.3) is 11.1 Å². The second-order valence-electron chi connectivity index (χ2n) is 3.98. The Morgan fingerprint density at radius 1 is 1.40 bits per heavy atom. The third-order valence-electron chi connectivity index (χ3n) is 2.36. The van der Waals surface area contributed by atoms with Crippen LogP contribution in [0.3, 0.4) is 0 Å². The van der Waals surface area contributed by atoms with Crippen LogP contribution in [0.4, 0.5) is 0 Å². The minimum Gasteiger partial charge on any atom is -0.440 e. The SMILES string of the molecule is CC(C)c1nc2cc(CCO)ccc2o1. The maximum atomic E-state index is 8.84. The second-order valence-corrected chi connectivity index (χ2v) is 3.98. The van der Waals surface area contributed by atoms with Crippen LogP contribution in [-0.2, 0) is 6.42 Å². The van der Waals surface area contributed by atoms with E-state index in [1.165, 1.54) is 0 Å². The lowest BCUT2D eigenvalue weighted by molar-refractivity contribution is 0.299. The average molecular weight is 205 g/mol. The molecule has 15 heavy (non-hydrogen) atoms. The van der Waals surface area contributed by atoms with Crippen LogP contribution in [0.5, 0.6) is 0 Å². The van der Waals surface area contributed by atoms with E-state index in [0.717, 1.165) is 22.6 Å². The highest BCUT2D eigenvalue weighted by molar-refractivity contribution is 5.73. The lowest BCUT2D eigenvalue weighted by Gasteiger charge is -1.95. The van der Waals surface area contributed by atoms with Gasteiger partial charge in [0.15, 0.2) is 11.5 Å². The molecule has 0 unspecified atom stereocenters. The number of benzene rings is 1. The summed E-state index contributed by atoms with van der Waals surface area (Å²) in [6.07, 6.45) is 0.666. The lowest BCUT2D eigenvalue weighted by atomic mass is 10.1. The molecule has 2 aromatic rings. The zero-order valence-electron chi connectivity index (χ0n) is 9.03. The van der Waals surface area contributed by atoms with E-state index in [0.29, 0.717) is 12.3 Å². The van der Waals surface area contributed by atoms with Gasteiger partial charge in [-0.05, 0) is 24.1 Å². The Labute approximate surface area is 88.7 Å². The van der Waals surface area contributed by atoms with Crippen molar-refractivity contribution in [2.75, 3.05) is 6.61 Å². The Morgan fingerprint density at radius 2 is 2.20 bits per heavy atom. The highest BCUT2D eigenvalue weighted by Gasteiger charge is 2.09. The molecule has 1 heterocycles. The van der Waals surface area contributed by atoms with E-state index in [4.69, 9.17) is 9.52 Å². The molecular weight excluding hydrogens is 190 g/mol. The first-order chi connectivity index (χ1) is 7.20. The van der Waals surface area contributed by atoms with E-state index in [9.17, 15) is 0 Å². The molecule has 0 saturated heterocycles. The van der Waals surface area contributed by atoms with E-state index in [-0.39, 0.29) is 6.61 Å². The van der Waals surface area contributed by atoms with E-state index in [1.807, 2.05) is 18.2 Å². The fourth-order valence-corrected chi connectivity index (χ4v) is 1.52. The van der Waals surface area contributed by atoms with E-state index in [2.05, 4.69) is 18.8 Å². The minimum absolute atomic E-state index is 0.167. The summed E-state index contributed by atoms with van der Waals surface area (Å²) in [5.74, 6) is 1.07. The lowest BCUT2D eigenvalue weighted by Crippen LogP contribution is -1.89. The van der Waals surface area contributed by atoms with Gasteiger partial charge in [-0.3, -0.25) is 0 Å². The third kappa shape index (κ3) is 2.02. The Hall–Kier alpha value is -1.35. The molecule has 0 amide bonds. The van der Waals surface area contributed by atoms with Gasteiger partial charge in [0, 0.05) is 12.5 Å². The van der Waals surface area contributed by atoms with Crippen LogP contribution in [0.2, 0.25) is 0 Å². The Kier molecular flexibility index (Phi) is 2.73. The van der Waals surface area contributed by atoms with Gasteiger partial charge >= 0.3 is 0 Å². The summed E-state index contributed by atoms with van der Waals surface area (Å²) in [4.78, 5) is 4.41. The molecule has 3 heteroatoms. The van der Waals surface area contributed by atoms with Gasteiger partial charge in [0.1, 0.15) is 5.52 Å². The summed E-state index contributed by atoms with van der Waals surface area (Å²) in [5.41, 5.74) is 2.79. The van der Waals surface area contributed by atoms with Crippen molar-refractivity contribution < 1.29 is 9.52 Å². The standard InChI is InChI=1S/C12H15NO2/c1-8(2)12-13-10-7-9(5-6-14)3-4-11(10)15-12/h3-4,7-8,14H,5-6H2,1-2H3. The molecule has 2 rings (SSSR count). The van der Waals surface area contributed by atoms with Crippen LogP contribution in [0.15, 0.2) is 22.6 Å². The van der Waals surface area contributed by atoms with Gasteiger partial charge < -0.3 is 9.52 Å². The van der Waals surface area contributed by atoms with E-state index < -0.39 is 0 Å². The summed E-state index contributed by atoms with van der Waals surface area (Å²) in [6.45, 7) is 4.28. The van der Waals surface area contributed by atoms with Crippen molar-refractivity contribution >= 4 is 11.1 Å². The van der Waals surface area contributed by atoms with Crippen molar-refractivity contribution in [3.8, 4) is 0 Å². The number of aliphatic hydroxyl groups is 1. The number of hydrogen-bond donors (Lipinski definition) is 1. The quantitative estimate of drug-likeness (QED) is 0.837. The zero-order chi connectivity index (χ0) is 10.8. The highest BCUT2D eigenvalue weighted by atomic mass is 16.3. The fraction of sp³-hybridized carbons (Fsp3) is 0.417. The van der Waals surface area contributed by atoms with Crippen molar-refractivity contribution in [2.24, 2.45) is 0 Å². The number of fused-ring (bicyclic) bond motifs is 1. The van der Waals surface area contributed by atoms with E-state index in [1.54, 1.807) is 0 Å². The maximum Gasteiger partial charge on any atom is 0.198 e. The smallest absolute Gasteiger partial charge is 0.198 e. The molecule has 0 radical (unpaired) electrons. The summed E-state index contributed by atoms with van der Waals surface area (Å²) in [5, 5.41) is 8.84. The second kappa shape index (κ2) is 4.03. The first-order valence-corrected chi connectivity index (χ1v) is 5.21. The average Bonchev–Trinajstić information content (AvgIpc) is 2.61. The van der Waals surface area contributed by atoms with Crippen molar-refractivity contribution in [3.63, 3.8) is 0 Å². The van der Waals surface area contributed by atoms with Gasteiger partial charge in [-0.25, -0.2) is 4.98 Å². The zero-order valence-corrected chi connectivity index (χ0v) is 9.03. The molecular formula is C12H15NO2. The molecule has 0 spiro atoms. The molecule has 0 aliphatic carbocycles. The van der Waals surface area contributed by atoms with Gasteiger partial charge in [0.2, 0.25) is 0 Å². The highest BCUT2D eigenvalue weighted by Crippen LogP contribution is 2.21. The number of nitrogens with zero attached hydrogens (tertiary/aromatic N) is 1. The molecule has 1 N–H and O–H groups in total. The molecule has 0 bridgehead atoms. The molecule has 1 aromatic heterocycles. The van der Waals surface area contributed by atoms with Crippen molar-refractivity contribution in [1.82, 2.24) is 4.98 Å². The van der Waals surface area contributed by atoms with Gasteiger partial charge in [-0.2, -0.15) is 0 Å². The number of aliphatic hydroxyl groups excluding tert-OH is 1. The number of oxazole rings is 1. The van der Waals surface area contributed by atoms with Crippen LogP contribution in [0, 0.1) is 0 Å². The number of hydrogen-bond acceptors (Lipinski definition) is 3. The summed E-state index contributed by atoms with van der Waals surface area (Å²) in [7, 11) is 0. The summed E-state index contributed by atoms with van der Waals surface area (Å²) in [6, 6.07) is 5.86. The monoisotopic (exact) mass is 205 g/mol. The Morgan fingerprint density at radius 3 is 2.87 bits per heavy atom. The topological polar surface area (TPSA) is 46.3 Å². The van der Waals surface area contributed by atoms with E-state index >= 15 is 0 Å². The number of aromatic nitrogens is 1. The van der Waals surface area contributed by atoms with Gasteiger partial charge in [0.25, 0.3) is 0 Å². The minimum atomic E-state index is 0.167. The van der Waals surface area contributed by atoms with Gasteiger partial charge in [-0.15, -0.1) is 0 Å². The predicted octanol–water partition coefficient (Wildman–Crippen LogP) is 2.49. The Bertz CT molecular complexity index is 460. The molecule has 0 saturated carbocycles. The van der Waals surface area contributed by atoms with Crippen LogP contribution < -0.4 is 0 Å². The first-order valence-electron chi connectivity index (χ1n) is 5.21. The molecule has 0 aliphatic heterocycles. The molecule has 1 aromatic carbocycles. The largest absolute Gasteiger partial charge is 0.440 e. The van der Waals surface area contributed by atoms with Crippen LogP contribution in [0.1, 0.15) is 31.2 Å². The van der Waals surface area contributed by atoms with Crippen molar-refractivity contribution in [1.29, 1.82) is 0 Å². The summed E-state index contributed by atoms with van der Waals surface area (Å²) >= 11 is 0. The predicted molar refractivity (Wildman–Crippen MR) is 58.9 cm³/mol. The molecule has 0 aliphatic rings. The normalized spacial score (nSPS) is 11.5. The molecule has 3 nitrogen and oxygen atoms in total. The van der Waals surface area contributed by atoms with Gasteiger partial charge in [0.05, 0.1) is 0 Å². The summed E-state index contributed by atoms with van der Waals surface area (Å²) < 4.78 is 5.59. The Balaban J connectivity index is 2.43. The van der Waals surface area contributed by atoms with Crippen LogP contribution in [-0.4, -0.2) is 16.7 Å². The number of rotatable bonds is 3. The molecule has 0 fully saturated rings. The van der Waals surface area contributed by atoms with Crippen molar-refractivity contribution in [3.05, 3.63) is 29.7 Å².